The SMILES string of the molecule is Cc1ccsc1C(=O)c1ccc(Cl)cn1. The Morgan fingerprint density at radius 3 is 2.73 bits per heavy atom. The van der Waals surface area contributed by atoms with Gasteiger partial charge in [-0.1, -0.05) is 11.6 Å². The fraction of sp³-hybridized carbons (Fsp3) is 0.0909. The predicted molar refractivity (Wildman–Crippen MR) is 61.7 cm³/mol. The lowest BCUT2D eigenvalue weighted by atomic mass is 10.1. The molecular formula is C11H8ClNOS. The van der Waals surface area contributed by atoms with Crippen LogP contribution in [0.3, 0.4) is 0 Å². The van der Waals surface area contributed by atoms with Crippen molar-refractivity contribution >= 4 is 28.7 Å². The molecule has 2 rings (SSSR count). The maximum atomic E-state index is 11.9. The number of hydrogen-bond acceptors (Lipinski definition) is 3. The molecule has 2 nitrogen and oxygen atoms in total. The minimum atomic E-state index is -0.0424. The lowest BCUT2D eigenvalue weighted by Gasteiger charge is -1.98. The molecule has 0 saturated heterocycles. The third-order valence-corrected chi connectivity index (χ3v) is 3.27. The summed E-state index contributed by atoms with van der Waals surface area (Å²) in [5, 5.41) is 2.44. The minimum Gasteiger partial charge on any atom is -0.286 e. The summed E-state index contributed by atoms with van der Waals surface area (Å²) in [6.45, 7) is 1.92. The van der Waals surface area contributed by atoms with E-state index >= 15 is 0 Å². The predicted octanol–water partition coefficient (Wildman–Crippen LogP) is 3.34. The molecule has 0 atom stereocenters. The average Bonchev–Trinajstić information content (AvgIpc) is 2.65. The quantitative estimate of drug-likeness (QED) is 0.750. The summed E-state index contributed by atoms with van der Waals surface area (Å²) < 4.78 is 0. The molecule has 0 bridgehead atoms. The van der Waals surface area contributed by atoms with Crippen LogP contribution in [0.5, 0.6) is 0 Å². The highest BCUT2D eigenvalue weighted by molar-refractivity contribution is 7.12. The average molecular weight is 238 g/mol. The number of pyridine rings is 1. The Bertz CT molecular complexity index is 490. The molecule has 2 aromatic rings. The third-order valence-electron chi connectivity index (χ3n) is 2.03. The van der Waals surface area contributed by atoms with Crippen molar-refractivity contribution in [3.8, 4) is 0 Å². The number of carbonyl (C=O) groups is 1. The normalized spacial score (nSPS) is 10.3. The van der Waals surface area contributed by atoms with Crippen LogP contribution in [-0.4, -0.2) is 10.8 Å². The Morgan fingerprint density at radius 1 is 1.40 bits per heavy atom. The number of aromatic nitrogens is 1. The van der Waals surface area contributed by atoms with E-state index in [9.17, 15) is 4.79 Å². The van der Waals surface area contributed by atoms with Crippen LogP contribution in [0, 0.1) is 6.92 Å². The lowest BCUT2D eigenvalue weighted by molar-refractivity contribution is 0.103. The first-order valence-corrected chi connectivity index (χ1v) is 5.64. The molecule has 0 aliphatic rings. The van der Waals surface area contributed by atoms with Gasteiger partial charge in [0.15, 0.2) is 0 Å². The Balaban J connectivity index is 2.37. The molecule has 0 aliphatic carbocycles. The number of halogens is 1. The van der Waals surface area contributed by atoms with Crippen LogP contribution in [0.15, 0.2) is 29.8 Å². The van der Waals surface area contributed by atoms with Gasteiger partial charge in [0.25, 0.3) is 0 Å². The number of carbonyl (C=O) groups excluding carboxylic acids is 1. The van der Waals surface area contributed by atoms with E-state index in [2.05, 4.69) is 4.98 Å². The van der Waals surface area contributed by atoms with Crippen LogP contribution < -0.4 is 0 Å². The standard InChI is InChI=1S/C11H8ClNOS/c1-7-4-5-15-11(7)10(14)9-3-2-8(12)6-13-9/h2-6H,1H3. The van der Waals surface area contributed by atoms with Crippen molar-refractivity contribution in [3.05, 3.63) is 50.9 Å². The maximum absolute atomic E-state index is 11.9. The fourth-order valence-electron chi connectivity index (χ4n) is 1.23. The molecule has 2 aromatic heterocycles. The molecule has 0 fully saturated rings. The van der Waals surface area contributed by atoms with E-state index in [0.717, 1.165) is 10.4 Å². The third kappa shape index (κ3) is 2.08. The summed E-state index contributed by atoms with van der Waals surface area (Å²) in [6, 6.07) is 5.24. The van der Waals surface area contributed by atoms with Crippen molar-refractivity contribution in [2.75, 3.05) is 0 Å². The van der Waals surface area contributed by atoms with Crippen molar-refractivity contribution in [2.45, 2.75) is 6.92 Å². The van der Waals surface area contributed by atoms with Crippen LogP contribution in [-0.2, 0) is 0 Å². The van der Waals surface area contributed by atoms with Gasteiger partial charge in [-0.2, -0.15) is 0 Å². The second kappa shape index (κ2) is 4.13. The van der Waals surface area contributed by atoms with E-state index in [1.165, 1.54) is 17.5 Å². The van der Waals surface area contributed by atoms with Crippen LogP contribution >= 0.6 is 22.9 Å². The van der Waals surface area contributed by atoms with Gasteiger partial charge in [0.2, 0.25) is 5.78 Å². The molecule has 0 amide bonds. The molecule has 0 saturated carbocycles. The number of thiophene rings is 1. The molecule has 0 aliphatic heterocycles. The summed E-state index contributed by atoms with van der Waals surface area (Å²) in [5.74, 6) is -0.0424. The highest BCUT2D eigenvalue weighted by atomic mass is 35.5. The molecule has 15 heavy (non-hydrogen) atoms. The Morgan fingerprint density at radius 2 is 2.20 bits per heavy atom. The van der Waals surface area contributed by atoms with E-state index in [0.29, 0.717) is 10.7 Å². The van der Waals surface area contributed by atoms with Crippen molar-refractivity contribution in [1.82, 2.24) is 4.98 Å². The van der Waals surface area contributed by atoms with Gasteiger partial charge in [-0.05, 0) is 36.1 Å². The van der Waals surface area contributed by atoms with Crippen LogP contribution in [0.1, 0.15) is 20.9 Å². The van der Waals surface area contributed by atoms with Crippen molar-refractivity contribution in [3.63, 3.8) is 0 Å². The second-order valence-corrected chi connectivity index (χ2v) is 4.48. The summed E-state index contributed by atoms with van der Waals surface area (Å²) in [5.41, 5.74) is 1.42. The van der Waals surface area contributed by atoms with E-state index in [1.807, 2.05) is 18.4 Å². The number of ketones is 1. The van der Waals surface area contributed by atoms with Gasteiger partial charge in [0, 0.05) is 6.20 Å². The zero-order valence-electron chi connectivity index (χ0n) is 8.03. The van der Waals surface area contributed by atoms with E-state index in [1.54, 1.807) is 12.1 Å². The van der Waals surface area contributed by atoms with Gasteiger partial charge in [-0.25, -0.2) is 0 Å². The Kier molecular flexibility index (Phi) is 2.84. The van der Waals surface area contributed by atoms with Gasteiger partial charge in [0.05, 0.1) is 9.90 Å². The largest absolute Gasteiger partial charge is 0.286 e. The van der Waals surface area contributed by atoms with E-state index in [4.69, 9.17) is 11.6 Å². The van der Waals surface area contributed by atoms with Crippen LogP contribution in [0.2, 0.25) is 5.02 Å². The molecule has 76 valence electrons. The number of aryl methyl sites for hydroxylation is 1. The molecule has 0 spiro atoms. The highest BCUT2D eigenvalue weighted by Crippen LogP contribution is 2.19. The second-order valence-electron chi connectivity index (χ2n) is 3.12. The van der Waals surface area contributed by atoms with Gasteiger partial charge in [-0.15, -0.1) is 11.3 Å². The van der Waals surface area contributed by atoms with Gasteiger partial charge in [0.1, 0.15) is 5.69 Å². The number of hydrogen-bond donors (Lipinski definition) is 0. The number of nitrogens with zero attached hydrogens (tertiary/aromatic N) is 1. The zero-order chi connectivity index (χ0) is 10.8. The van der Waals surface area contributed by atoms with E-state index < -0.39 is 0 Å². The zero-order valence-corrected chi connectivity index (χ0v) is 9.60. The minimum absolute atomic E-state index is 0.0424. The smallest absolute Gasteiger partial charge is 0.221 e. The highest BCUT2D eigenvalue weighted by Gasteiger charge is 2.13. The topological polar surface area (TPSA) is 30.0 Å². The molecule has 4 heteroatoms. The molecular weight excluding hydrogens is 230 g/mol. The summed E-state index contributed by atoms with van der Waals surface area (Å²) in [7, 11) is 0. The van der Waals surface area contributed by atoms with Crippen molar-refractivity contribution in [1.29, 1.82) is 0 Å². The number of rotatable bonds is 2. The summed E-state index contributed by atoms with van der Waals surface area (Å²) in [6.07, 6.45) is 1.48. The first-order valence-electron chi connectivity index (χ1n) is 4.39. The molecule has 0 radical (unpaired) electrons. The van der Waals surface area contributed by atoms with Gasteiger partial charge in [-0.3, -0.25) is 9.78 Å². The molecule has 0 unspecified atom stereocenters. The summed E-state index contributed by atoms with van der Waals surface area (Å²) in [4.78, 5) is 16.7. The first-order chi connectivity index (χ1) is 7.18. The van der Waals surface area contributed by atoms with E-state index in [-0.39, 0.29) is 5.78 Å². The first kappa shape index (κ1) is 10.3. The Labute approximate surface area is 96.5 Å². The van der Waals surface area contributed by atoms with Crippen molar-refractivity contribution < 1.29 is 4.79 Å². The summed E-state index contributed by atoms with van der Waals surface area (Å²) >= 11 is 7.14. The maximum Gasteiger partial charge on any atom is 0.221 e. The van der Waals surface area contributed by atoms with Gasteiger partial charge < -0.3 is 0 Å². The van der Waals surface area contributed by atoms with Crippen LogP contribution in [0.4, 0.5) is 0 Å². The van der Waals surface area contributed by atoms with Gasteiger partial charge >= 0.3 is 0 Å². The monoisotopic (exact) mass is 237 g/mol. The molecule has 0 N–H and O–H groups in total. The Hall–Kier alpha value is -1.19. The molecule has 0 aromatic carbocycles. The van der Waals surface area contributed by atoms with Crippen molar-refractivity contribution in [2.24, 2.45) is 0 Å². The lowest BCUT2D eigenvalue weighted by Crippen LogP contribution is -2.02. The fourth-order valence-corrected chi connectivity index (χ4v) is 2.22. The van der Waals surface area contributed by atoms with Crippen LogP contribution in [0.25, 0.3) is 0 Å². The molecule has 2 heterocycles.